The summed E-state index contributed by atoms with van der Waals surface area (Å²) in [6, 6.07) is 5.43. The van der Waals surface area contributed by atoms with Gasteiger partial charge >= 0.3 is 0 Å². The van der Waals surface area contributed by atoms with Crippen LogP contribution in [0.5, 0.6) is 0 Å². The van der Waals surface area contributed by atoms with E-state index in [1.165, 1.54) is 24.3 Å². The molecule has 0 unspecified atom stereocenters. The number of amides is 1. The van der Waals surface area contributed by atoms with Crippen LogP contribution in [0.3, 0.4) is 0 Å². The molecule has 0 bridgehead atoms. The van der Waals surface area contributed by atoms with Crippen molar-refractivity contribution in [1.29, 1.82) is 0 Å². The summed E-state index contributed by atoms with van der Waals surface area (Å²) in [5.74, 6) is -3.64. The monoisotopic (exact) mass is 252 g/mol. The minimum Gasteiger partial charge on any atom is -0.364 e. The van der Waals surface area contributed by atoms with E-state index in [0.717, 1.165) is 6.92 Å². The second-order valence-electron chi connectivity index (χ2n) is 3.85. The number of primary amides is 1. The molecule has 2 aromatic rings. The van der Waals surface area contributed by atoms with Crippen molar-refractivity contribution in [3.05, 3.63) is 35.5 Å². The van der Waals surface area contributed by atoms with Crippen LogP contribution in [-0.4, -0.2) is 21.3 Å². The average Bonchev–Trinajstić information content (AvgIpc) is 2.77. The first kappa shape index (κ1) is 12.2. The number of H-pyrrole nitrogens is 1. The SMILES string of the molecule is CC(F)(F)c1ccc(-c2n[nH]nc2C(N)=O)cc1. The number of benzene rings is 1. The normalized spacial score (nSPS) is 11.5. The lowest BCUT2D eigenvalue weighted by Gasteiger charge is -2.10. The first-order chi connectivity index (χ1) is 8.39. The third-order valence-electron chi connectivity index (χ3n) is 2.45. The van der Waals surface area contributed by atoms with Crippen LogP contribution in [0.15, 0.2) is 24.3 Å². The Balaban J connectivity index is 2.41. The third kappa shape index (κ3) is 2.20. The Morgan fingerprint density at radius 2 is 1.89 bits per heavy atom. The van der Waals surface area contributed by atoms with Gasteiger partial charge in [-0.15, -0.1) is 0 Å². The summed E-state index contributed by atoms with van der Waals surface area (Å²) in [7, 11) is 0. The van der Waals surface area contributed by atoms with E-state index in [9.17, 15) is 13.6 Å². The van der Waals surface area contributed by atoms with E-state index >= 15 is 0 Å². The molecule has 0 radical (unpaired) electrons. The molecule has 18 heavy (non-hydrogen) atoms. The van der Waals surface area contributed by atoms with Crippen molar-refractivity contribution >= 4 is 5.91 Å². The largest absolute Gasteiger partial charge is 0.364 e. The standard InChI is InChI=1S/C11H10F2N4O/c1-11(12,13)7-4-2-6(3-5-7)8-9(10(14)18)16-17-15-8/h2-5H,1H3,(H2,14,18)(H,15,16,17). The fourth-order valence-electron chi connectivity index (χ4n) is 1.52. The molecule has 0 saturated heterocycles. The number of carbonyl (C=O) groups excluding carboxylic acids is 1. The molecule has 1 heterocycles. The van der Waals surface area contributed by atoms with Gasteiger partial charge in [0.1, 0.15) is 5.69 Å². The van der Waals surface area contributed by atoms with Gasteiger partial charge in [0, 0.05) is 18.1 Å². The van der Waals surface area contributed by atoms with Gasteiger partial charge in [0.05, 0.1) is 0 Å². The Morgan fingerprint density at radius 1 is 1.28 bits per heavy atom. The number of nitrogens with two attached hydrogens (primary N) is 1. The molecule has 1 amide bonds. The number of nitrogens with one attached hydrogen (secondary N) is 1. The molecule has 5 nitrogen and oxygen atoms in total. The number of nitrogens with zero attached hydrogens (tertiary/aromatic N) is 2. The van der Waals surface area contributed by atoms with Crippen molar-refractivity contribution in [2.24, 2.45) is 5.73 Å². The number of rotatable bonds is 3. The quantitative estimate of drug-likeness (QED) is 0.871. The molecule has 2 rings (SSSR count). The van der Waals surface area contributed by atoms with Gasteiger partial charge in [-0.05, 0) is 0 Å². The highest BCUT2D eigenvalue weighted by molar-refractivity contribution is 5.96. The number of hydrogen-bond acceptors (Lipinski definition) is 3. The molecule has 0 spiro atoms. The Kier molecular flexibility index (Phi) is 2.82. The maximum Gasteiger partial charge on any atom is 0.271 e. The van der Waals surface area contributed by atoms with Crippen molar-refractivity contribution in [2.45, 2.75) is 12.8 Å². The number of halogens is 2. The summed E-state index contributed by atoms with van der Waals surface area (Å²) in [5, 5.41) is 9.65. The zero-order valence-corrected chi connectivity index (χ0v) is 9.45. The molecule has 0 fully saturated rings. The Morgan fingerprint density at radius 3 is 2.39 bits per heavy atom. The van der Waals surface area contributed by atoms with E-state index in [2.05, 4.69) is 15.4 Å². The van der Waals surface area contributed by atoms with Gasteiger partial charge < -0.3 is 5.73 Å². The van der Waals surface area contributed by atoms with Crippen molar-refractivity contribution in [3.8, 4) is 11.3 Å². The molecule has 0 aliphatic carbocycles. The molecule has 0 aliphatic rings. The zero-order chi connectivity index (χ0) is 13.3. The van der Waals surface area contributed by atoms with Gasteiger partial charge in [-0.1, -0.05) is 24.3 Å². The van der Waals surface area contributed by atoms with Crippen molar-refractivity contribution in [2.75, 3.05) is 0 Å². The van der Waals surface area contributed by atoms with Gasteiger partial charge in [0.2, 0.25) is 0 Å². The molecule has 3 N–H and O–H groups in total. The zero-order valence-electron chi connectivity index (χ0n) is 9.45. The van der Waals surface area contributed by atoms with Crippen LogP contribution in [0.1, 0.15) is 23.0 Å². The number of alkyl halides is 2. The minimum absolute atomic E-state index is 0.0222. The molecule has 1 aromatic carbocycles. The highest BCUT2D eigenvalue weighted by Gasteiger charge is 2.24. The number of aromatic amines is 1. The average molecular weight is 252 g/mol. The van der Waals surface area contributed by atoms with Gasteiger partial charge in [0.25, 0.3) is 11.8 Å². The predicted octanol–water partition coefficient (Wildman–Crippen LogP) is 1.68. The van der Waals surface area contributed by atoms with Gasteiger partial charge in [0.15, 0.2) is 5.69 Å². The molecule has 1 aromatic heterocycles. The number of aromatic nitrogens is 3. The first-order valence-electron chi connectivity index (χ1n) is 5.09. The van der Waals surface area contributed by atoms with Gasteiger partial charge in [-0.3, -0.25) is 4.79 Å². The first-order valence-corrected chi connectivity index (χ1v) is 5.09. The van der Waals surface area contributed by atoms with E-state index in [0.29, 0.717) is 5.56 Å². The lowest BCUT2D eigenvalue weighted by Crippen LogP contribution is -2.12. The lowest BCUT2D eigenvalue weighted by atomic mass is 10.0. The Hall–Kier alpha value is -2.31. The topological polar surface area (TPSA) is 84.7 Å². The van der Waals surface area contributed by atoms with Crippen molar-refractivity contribution < 1.29 is 13.6 Å². The fraction of sp³-hybridized carbons (Fsp3) is 0.182. The minimum atomic E-state index is -2.91. The summed E-state index contributed by atoms with van der Waals surface area (Å²) in [4.78, 5) is 11.1. The predicted molar refractivity (Wildman–Crippen MR) is 59.9 cm³/mol. The summed E-state index contributed by atoms with van der Waals surface area (Å²) >= 11 is 0. The number of hydrogen-bond donors (Lipinski definition) is 2. The number of carbonyl (C=O) groups is 1. The Bertz CT molecular complexity index is 571. The molecule has 94 valence electrons. The molecule has 7 heteroatoms. The maximum absolute atomic E-state index is 13.0. The van der Waals surface area contributed by atoms with E-state index in [4.69, 9.17) is 5.73 Å². The van der Waals surface area contributed by atoms with Crippen LogP contribution in [0.25, 0.3) is 11.3 Å². The van der Waals surface area contributed by atoms with Crippen LogP contribution in [-0.2, 0) is 5.92 Å². The highest BCUT2D eigenvalue weighted by Crippen LogP contribution is 2.29. The van der Waals surface area contributed by atoms with Crippen molar-refractivity contribution in [3.63, 3.8) is 0 Å². The summed E-state index contributed by atoms with van der Waals surface area (Å²) < 4.78 is 26.1. The molecule has 0 saturated carbocycles. The van der Waals surface area contributed by atoms with Crippen LogP contribution in [0.2, 0.25) is 0 Å². The summed E-state index contributed by atoms with van der Waals surface area (Å²) in [5.41, 5.74) is 5.71. The van der Waals surface area contributed by atoms with Crippen LogP contribution in [0, 0.1) is 0 Å². The third-order valence-corrected chi connectivity index (χ3v) is 2.45. The second kappa shape index (κ2) is 4.17. The van der Waals surface area contributed by atoms with E-state index in [1.54, 1.807) is 0 Å². The van der Waals surface area contributed by atoms with Crippen LogP contribution >= 0.6 is 0 Å². The van der Waals surface area contributed by atoms with E-state index in [1.807, 2.05) is 0 Å². The van der Waals surface area contributed by atoms with Crippen LogP contribution in [0.4, 0.5) is 8.78 Å². The Labute approximate surface area is 101 Å². The summed E-state index contributed by atoms with van der Waals surface area (Å²) in [6.45, 7) is 0.812. The molecule has 0 aliphatic heterocycles. The van der Waals surface area contributed by atoms with Crippen molar-refractivity contribution in [1.82, 2.24) is 15.4 Å². The second-order valence-corrected chi connectivity index (χ2v) is 3.85. The maximum atomic E-state index is 13.0. The lowest BCUT2D eigenvalue weighted by molar-refractivity contribution is 0.0175. The fourth-order valence-corrected chi connectivity index (χ4v) is 1.52. The smallest absolute Gasteiger partial charge is 0.271 e. The highest BCUT2D eigenvalue weighted by atomic mass is 19.3. The van der Waals surface area contributed by atoms with Crippen LogP contribution < -0.4 is 5.73 Å². The summed E-state index contributed by atoms with van der Waals surface area (Å²) in [6.07, 6.45) is 0. The molecule has 0 atom stereocenters. The molecular weight excluding hydrogens is 242 g/mol. The molecular formula is C11H10F2N4O. The van der Waals surface area contributed by atoms with E-state index < -0.39 is 11.8 Å². The van der Waals surface area contributed by atoms with E-state index in [-0.39, 0.29) is 17.0 Å². The van der Waals surface area contributed by atoms with Gasteiger partial charge in [-0.25, -0.2) is 8.78 Å². The van der Waals surface area contributed by atoms with Gasteiger partial charge in [-0.2, -0.15) is 15.4 Å².